The first-order valence-corrected chi connectivity index (χ1v) is 7.63. The first kappa shape index (κ1) is 16.2. The number of anilines is 1. The van der Waals surface area contributed by atoms with Crippen LogP contribution in [-0.2, 0) is 6.61 Å². The van der Waals surface area contributed by atoms with Crippen molar-refractivity contribution in [3.05, 3.63) is 63.6 Å². The molecular weight excluding hydrogens is 351 g/mol. The van der Waals surface area contributed by atoms with Crippen LogP contribution in [0, 0.1) is 0 Å². The van der Waals surface area contributed by atoms with Gasteiger partial charge in [-0.1, -0.05) is 51.3 Å². The second-order valence-electron chi connectivity index (χ2n) is 4.75. The Kier molecular flexibility index (Phi) is 4.93. The largest absolute Gasteiger partial charge is 0.488 e. The van der Waals surface area contributed by atoms with E-state index in [4.69, 9.17) is 33.7 Å². The van der Waals surface area contributed by atoms with Gasteiger partial charge in [0.05, 0.1) is 16.3 Å². The van der Waals surface area contributed by atoms with Crippen molar-refractivity contribution in [2.75, 3.05) is 5.73 Å². The average Bonchev–Trinajstić information content (AvgIpc) is 3.00. The summed E-state index contributed by atoms with van der Waals surface area (Å²) in [7, 11) is 0. The molecule has 0 aliphatic carbocycles. The molecule has 0 amide bonds. The molecule has 0 bridgehead atoms. The van der Waals surface area contributed by atoms with E-state index in [1.54, 1.807) is 18.3 Å². The van der Waals surface area contributed by atoms with E-state index in [9.17, 15) is 0 Å². The van der Waals surface area contributed by atoms with Crippen LogP contribution in [0.3, 0.4) is 0 Å². The van der Waals surface area contributed by atoms with Crippen LogP contribution in [0.15, 0.2) is 47.6 Å². The zero-order valence-corrected chi connectivity index (χ0v) is 13.8. The number of hydrogen-bond donors (Lipinski definition) is 1. The van der Waals surface area contributed by atoms with E-state index in [0.29, 0.717) is 22.4 Å². The smallest absolute Gasteiger partial charge is 0.263 e. The van der Waals surface area contributed by atoms with Gasteiger partial charge in [0.2, 0.25) is 0 Å². The summed E-state index contributed by atoms with van der Waals surface area (Å²) in [5.41, 5.74) is 7.22. The van der Waals surface area contributed by atoms with Crippen LogP contribution >= 0.6 is 23.2 Å². The molecule has 3 rings (SSSR count). The van der Waals surface area contributed by atoms with Crippen LogP contribution in [0.5, 0.6) is 5.75 Å². The van der Waals surface area contributed by atoms with E-state index in [1.807, 2.05) is 30.3 Å². The number of halogens is 2. The minimum absolute atomic E-state index is 0.0976. The topological polar surface area (TPSA) is 91.2 Å². The second-order valence-corrected chi connectivity index (χ2v) is 5.56. The van der Waals surface area contributed by atoms with Crippen molar-refractivity contribution in [3.8, 4) is 5.75 Å². The second kappa shape index (κ2) is 7.29. The number of para-hydroxylation sites is 1. The quantitative estimate of drug-likeness (QED) is 0.704. The van der Waals surface area contributed by atoms with Crippen LogP contribution in [0.25, 0.3) is 0 Å². The maximum absolute atomic E-state index is 6.01. The highest BCUT2D eigenvalue weighted by molar-refractivity contribution is 6.42. The Morgan fingerprint density at radius 1 is 1.17 bits per heavy atom. The Morgan fingerprint density at radius 3 is 2.75 bits per heavy atom. The van der Waals surface area contributed by atoms with E-state index in [1.165, 1.54) is 0 Å². The fourth-order valence-electron chi connectivity index (χ4n) is 1.90. The van der Waals surface area contributed by atoms with Gasteiger partial charge in [-0.15, -0.1) is 0 Å². The molecule has 9 heteroatoms. The SMILES string of the molecule is Nc1nnnn1/N=C\c1ccccc1OCc1ccc(Cl)c(Cl)c1. The number of nitrogens with zero attached hydrogens (tertiary/aromatic N) is 5. The normalized spacial score (nSPS) is 11.1. The monoisotopic (exact) mass is 362 g/mol. The summed E-state index contributed by atoms with van der Waals surface area (Å²) in [6, 6.07) is 12.8. The first-order chi connectivity index (χ1) is 11.6. The van der Waals surface area contributed by atoms with Gasteiger partial charge < -0.3 is 10.5 Å². The fourth-order valence-corrected chi connectivity index (χ4v) is 2.22. The number of hydrogen-bond acceptors (Lipinski definition) is 6. The molecule has 0 spiro atoms. The summed E-state index contributed by atoms with van der Waals surface area (Å²) in [6.07, 6.45) is 1.57. The van der Waals surface area contributed by atoms with Gasteiger partial charge in [-0.05, 0) is 40.3 Å². The van der Waals surface area contributed by atoms with Crippen molar-refractivity contribution >= 4 is 35.4 Å². The summed E-state index contributed by atoms with van der Waals surface area (Å²) >= 11 is 11.9. The highest BCUT2D eigenvalue weighted by Crippen LogP contribution is 2.24. The van der Waals surface area contributed by atoms with Crippen LogP contribution in [0.4, 0.5) is 5.95 Å². The highest BCUT2D eigenvalue weighted by Gasteiger charge is 2.04. The number of nitrogen functional groups attached to an aromatic ring is 1. The third-order valence-corrected chi connectivity index (χ3v) is 3.82. The Morgan fingerprint density at radius 2 is 2.00 bits per heavy atom. The van der Waals surface area contributed by atoms with Crippen molar-refractivity contribution in [2.24, 2.45) is 5.10 Å². The lowest BCUT2D eigenvalue weighted by Crippen LogP contribution is -2.01. The van der Waals surface area contributed by atoms with Gasteiger partial charge in [0.15, 0.2) is 0 Å². The zero-order chi connectivity index (χ0) is 16.9. The van der Waals surface area contributed by atoms with Gasteiger partial charge in [0.25, 0.3) is 5.95 Å². The molecule has 122 valence electrons. The number of nitrogens with two attached hydrogens (primary N) is 1. The average molecular weight is 363 g/mol. The van der Waals surface area contributed by atoms with Crippen LogP contribution in [-0.4, -0.2) is 26.5 Å². The third-order valence-electron chi connectivity index (χ3n) is 3.08. The third kappa shape index (κ3) is 3.81. The molecule has 7 nitrogen and oxygen atoms in total. The van der Waals surface area contributed by atoms with Crippen LogP contribution in [0.1, 0.15) is 11.1 Å². The van der Waals surface area contributed by atoms with E-state index in [2.05, 4.69) is 20.6 Å². The maximum Gasteiger partial charge on any atom is 0.263 e. The molecule has 0 radical (unpaired) electrons. The van der Waals surface area contributed by atoms with E-state index >= 15 is 0 Å². The van der Waals surface area contributed by atoms with Crippen molar-refractivity contribution < 1.29 is 4.74 Å². The van der Waals surface area contributed by atoms with E-state index in [0.717, 1.165) is 15.9 Å². The summed E-state index contributed by atoms with van der Waals surface area (Å²) in [6.45, 7) is 0.342. The van der Waals surface area contributed by atoms with Gasteiger partial charge in [0.1, 0.15) is 12.4 Å². The maximum atomic E-state index is 6.01. The number of tetrazole rings is 1. The van der Waals surface area contributed by atoms with Crippen molar-refractivity contribution in [1.29, 1.82) is 0 Å². The van der Waals surface area contributed by atoms with Gasteiger partial charge in [-0.25, -0.2) is 0 Å². The summed E-state index contributed by atoms with van der Waals surface area (Å²) in [4.78, 5) is 1.12. The molecule has 2 aromatic carbocycles. The Labute approximate surface area is 147 Å². The highest BCUT2D eigenvalue weighted by atomic mass is 35.5. The first-order valence-electron chi connectivity index (χ1n) is 6.87. The minimum Gasteiger partial charge on any atom is -0.488 e. The number of aromatic nitrogens is 4. The van der Waals surface area contributed by atoms with E-state index in [-0.39, 0.29) is 5.95 Å². The lowest BCUT2D eigenvalue weighted by Gasteiger charge is -2.09. The summed E-state index contributed by atoms with van der Waals surface area (Å²) < 4.78 is 5.83. The standard InChI is InChI=1S/C15H12Cl2N6O/c16-12-6-5-10(7-13(12)17)9-24-14-4-2-1-3-11(14)8-19-23-15(18)20-21-22-23/h1-8H,9H2,(H2,18,20,22)/b19-8-. The Hall–Kier alpha value is -2.64. The molecule has 0 aliphatic heterocycles. The van der Waals surface area contributed by atoms with Crippen LogP contribution < -0.4 is 10.5 Å². The molecule has 0 fully saturated rings. The molecule has 0 saturated heterocycles. The number of ether oxygens (including phenoxy) is 1. The fraction of sp³-hybridized carbons (Fsp3) is 0.0667. The summed E-state index contributed by atoms with van der Waals surface area (Å²) in [5.74, 6) is 0.749. The molecule has 1 heterocycles. The lowest BCUT2D eigenvalue weighted by atomic mass is 10.2. The predicted octanol–water partition coefficient (Wildman–Crippen LogP) is 3.02. The molecule has 0 unspecified atom stereocenters. The lowest BCUT2D eigenvalue weighted by molar-refractivity contribution is 0.306. The zero-order valence-electron chi connectivity index (χ0n) is 12.3. The van der Waals surface area contributed by atoms with Crippen molar-refractivity contribution in [3.63, 3.8) is 0 Å². The molecule has 2 N–H and O–H groups in total. The Balaban J connectivity index is 1.75. The number of rotatable bonds is 5. The van der Waals surface area contributed by atoms with Crippen molar-refractivity contribution in [2.45, 2.75) is 6.61 Å². The predicted molar refractivity (Wildman–Crippen MR) is 92.5 cm³/mol. The molecule has 24 heavy (non-hydrogen) atoms. The van der Waals surface area contributed by atoms with Gasteiger partial charge in [-0.3, -0.25) is 0 Å². The summed E-state index contributed by atoms with van der Waals surface area (Å²) in [5, 5.41) is 15.7. The van der Waals surface area contributed by atoms with Gasteiger partial charge >= 0.3 is 0 Å². The van der Waals surface area contributed by atoms with Gasteiger partial charge in [0, 0.05) is 5.56 Å². The van der Waals surface area contributed by atoms with E-state index < -0.39 is 0 Å². The minimum atomic E-state index is 0.0976. The molecule has 3 aromatic rings. The van der Waals surface area contributed by atoms with Gasteiger partial charge in [-0.2, -0.15) is 5.10 Å². The van der Waals surface area contributed by atoms with Crippen molar-refractivity contribution in [1.82, 2.24) is 20.3 Å². The molecular formula is C15H12Cl2N6O. The Bertz CT molecular complexity index is 880. The molecule has 0 saturated carbocycles. The van der Waals surface area contributed by atoms with Crippen LogP contribution in [0.2, 0.25) is 10.0 Å². The number of benzene rings is 2. The molecule has 0 aliphatic rings. The molecule has 1 aromatic heterocycles. The molecule has 0 atom stereocenters.